The van der Waals surface area contributed by atoms with Crippen LogP contribution in [0.3, 0.4) is 0 Å². The topological polar surface area (TPSA) is 44.8 Å². The van der Waals surface area contributed by atoms with Gasteiger partial charge in [0.05, 0.1) is 0 Å². The normalized spacial score (nSPS) is 26.2. The van der Waals surface area contributed by atoms with Crippen molar-refractivity contribution in [2.24, 2.45) is 5.41 Å². The summed E-state index contributed by atoms with van der Waals surface area (Å²) in [5.41, 5.74) is -0.117. The lowest BCUT2D eigenvalue weighted by atomic mass is 9.80. The summed E-state index contributed by atoms with van der Waals surface area (Å²) in [6.45, 7) is 13.1. The van der Waals surface area contributed by atoms with Crippen molar-refractivity contribution in [2.75, 3.05) is 39.8 Å². The lowest BCUT2D eigenvalue weighted by molar-refractivity contribution is 0.0117. The molecule has 5 nitrogen and oxygen atoms in total. The fourth-order valence-corrected chi connectivity index (χ4v) is 3.22. The van der Waals surface area contributed by atoms with Crippen molar-refractivity contribution in [3.8, 4) is 0 Å². The van der Waals surface area contributed by atoms with Gasteiger partial charge < -0.3 is 19.9 Å². The summed E-state index contributed by atoms with van der Waals surface area (Å²) in [6, 6.07) is 0.630. The van der Waals surface area contributed by atoms with Gasteiger partial charge in [0.1, 0.15) is 5.60 Å². The van der Waals surface area contributed by atoms with E-state index in [-0.39, 0.29) is 6.09 Å². The zero-order chi connectivity index (χ0) is 16.4. The van der Waals surface area contributed by atoms with E-state index in [4.69, 9.17) is 4.74 Å². The Kier molecular flexibility index (Phi) is 5.38. The second-order valence-electron chi connectivity index (χ2n) is 8.41. The van der Waals surface area contributed by atoms with E-state index in [1.807, 2.05) is 25.7 Å². The van der Waals surface area contributed by atoms with E-state index < -0.39 is 5.60 Å². The van der Waals surface area contributed by atoms with Crippen molar-refractivity contribution >= 4 is 6.09 Å². The van der Waals surface area contributed by atoms with E-state index in [2.05, 4.69) is 24.2 Å². The summed E-state index contributed by atoms with van der Waals surface area (Å²) < 4.78 is 5.46. The molecule has 2 fully saturated rings. The van der Waals surface area contributed by atoms with Gasteiger partial charge in [-0.25, -0.2) is 4.79 Å². The monoisotopic (exact) mass is 311 g/mol. The minimum Gasteiger partial charge on any atom is -0.444 e. The number of ether oxygens (including phenoxy) is 1. The van der Waals surface area contributed by atoms with Crippen LogP contribution in [0, 0.1) is 5.41 Å². The first kappa shape index (κ1) is 17.5. The standard InChI is InChI=1S/C17H33N3O2/c1-16(2,3)22-15(21)20-10-7-17(4,8-11-20)13-18-14-6-9-19(5)12-14/h14,18H,6-13H2,1-5H3. The minimum atomic E-state index is -0.409. The van der Waals surface area contributed by atoms with Crippen molar-refractivity contribution in [1.82, 2.24) is 15.1 Å². The first-order valence-corrected chi connectivity index (χ1v) is 8.57. The third-order valence-electron chi connectivity index (χ3n) is 4.83. The van der Waals surface area contributed by atoms with Gasteiger partial charge >= 0.3 is 6.09 Å². The molecule has 1 N–H and O–H groups in total. The van der Waals surface area contributed by atoms with Crippen molar-refractivity contribution in [3.63, 3.8) is 0 Å². The smallest absolute Gasteiger partial charge is 0.410 e. The van der Waals surface area contributed by atoms with Crippen LogP contribution in [0.1, 0.15) is 47.0 Å². The molecule has 2 aliphatic rings. The summed E-state index contributed by atoms with van der Waals surface area (Å²) >= 11 is 0. The van der Waals surface area contributed by atoms with Gasteiger partial charge in [-0.15, -0.1) is 0 Å². The Morgan fingerprint density at radius 3 is 2.41 bits per heavy atom. The van der Waals surface area contributed by atoms with Gasteiger partial charge in [-0.3, -0.25) is 0 Å². The maximum atomic E-state index is 12.1. The van der Waals surface area contributed by atoms with Crippen LogP contribution in [-0.4, -0.2) is 67.3 Å². The molecule has 0 aliphatic carbocycles. The molecule has 2 aliphatic heterocycles. The molecule has 0 aromatic heterocycles. The molecular weight excluding hydrogens is 278 g/mol. The molecule has 2 heterocycles. The van der Waals surface area contributed by atoms with Crippen LogP contribution in [0.15, 0.2) is 0 Å². The minimum absolute atomic E-state index is 0.167. The molecule has 2 saturated heterocycles. The summed E-state index contributed by atoms with van der Waals surface area (Å²) in [4.78, 5) is 16.3. The average Bonchev–Trinajstić information content (AvgIpc) is 2.81. The zero-order valence-corrected chi connectivity index (χ0v) is 14.9. The fraction of sp³-hybridized carbons (Fsp3) is 0.941. The number of likely N-dealkylation sites (N-methyl/N-ethyl adjacent to an activating group) is 1. The second-order valence-corrected chi connectivity index (χ2v) is 8.41. The van der Waals surface area contributed by atoms with E-state index in [0.717, 1.165) is 39.0 Å². The number of amides is 1. The van der Waals surface area contributed by atoms with Crippen LogP contribution in [0.5, 0.6) is 0 Å². The van der Waals surface area contributed by atoms with Gasteiger partial charge in [-0.1, -0.05) is 6.92 Å². The highest BCUT2D eigenvalue weighted by atomic mass is 16.6. The maximum absolute atomic E-state index is 12.1. The number of rotatable bonds is 3. The van der Waals surface area contributed by atoms with Crippen molar-refractivity contribution < 1.29 is 9.53 Å². The molecule has 0 saturated carbocycles. The third-order valence-corrected chi connectivity index (χ3v) is 4.83. The molecule has 1 atom stereocenters. The fourth-order valence-electron chi connectivity index (χ4n) is 3.22. The Balaban J connectivity index is 1.74. The number of nitrogens with one attached hydrogen (secondary N) is 1. The lowest BCUT2D eigenvalue weighted by Gasteiger charge is -2.40. The molecular formula is C17H33N3O2. The van der Waals surface area contributed by atoms with Gasteiger partial charge in [-0.05, 0) is 59.0 Å². The van der Waals surface area contributed by atoms with E-state index in [1.54, 1.807) is 0 Å². The van der Waals surface area contributed by atoms with Gasteiger partial charge in [0, 0.05) is 32.2 Å². The highest BCUT2D eigenvalue weighted by molar-refractivity contribution is 5.68. The number of carbonyl (C=O) groups excluding carboxylic acids is 1. The van der Waals surface area contributed by atoms with Gasteiger partial charge in [0.15, 0.2) is 0 Å². The average molecular weight is 311 g/mol. The van der Waals surface area contributed by atoms with Gasteiger partial charge in [-0.2, -0.15) is 0 Å². The SMILES string of the molecule is CN1CCC(NCC2(C)CCN(C(=O)OC(C)(C)C)CC2)C1. The molecule has 5 heteroatoms. The number of carbonyl (C=O) groups is 1. The molecule has 0 aromatic carbocycles. The first-order valence-electron chi connectivity index (χ1n) is 8.57. The second kappa shape index (κ2) is 6.75. The van der Waals surface area contributed by atoms with Gasteiger partial charge in [0.2, 0.25) is 0 Å². The number of nitrogens with zero attached hydrogens (tertiary/aromatic N) is 2. The van der Waals surface area contributed by atoms with Crippen LogP contribution in [0.4, 0.5) is 4.79 Å². The van der Waals surface area contributed by atoms with E-state index in [0.29, 0.717) is 11.5 Å². The predicted molar refractivity (Wildman–Crippen MR) is 89.1 cm³/mol. The summed E-state index contributed by atoms with van der Waals surface area (Å²) in [5.74, 6) is 0. The highest BCUT2D eigenvalue weighted by Gasteiger charge is 2.34. The molecule has 0 spiro atoms. The number of piperidine rings is 1. The molecule has 1 amide bonds. The number of hydrogen-bond acceptors (Lipinski definition) is 4. The van der Waals surface area contributed by atoms with E-state index in [1.165, 1.54) is 13.0 Å². The van der Waals surface area contributed by atoms with Crippen molar-refractivity contribution in [3.05, 3.63) is 0 Å². The van der Waals surface area contributed by atoms with Gasteiger partial charge in [0.25, 0.3) is 0 Å². The highest BCUT2D eigenvalue weighted by Crippen LogP contribution is 2.31. The van der Waals surface area contributed by atoms with Crippen molar-refractivity contribution in [1.29, 1.82) is 0 Å². The molecule has 128 valence electrons. The van der Waals surface area contributed by atoms with Crippen LogP contribution in [0.25, 0.3) is 0 Å². The Labute approximate surface area is 135 Å². The van der Waals surface area contributed by atoms with Crippen LogP contribution in [0.2, 0.25) is 0 Å². The Morgan fingerprint density at radius 2 is 1.91 bits per heavy atom. The largest absolute Gasteiger partial charge is 0.444 e. The molecule has 0 aromatic rings. The van der Waals surface area contributed by atoms with Crippen LogP contribution < -0.4 is 5.32 Å². The lowest BCUT2D eigenvalue weighted by Crippen LogP contribution is -2.48. The summed E-state index contributed by atoms with van der Waals surface area (Å²) in [5, 5.41) is 3.73. The summed E-state index contributed by atoms with van der Waals surface area (Å²) in [7, 11) is 2.18. The molecule has 0 radical (unpaired) electrons. The number of likely N-dealkylation sites (tertiary alicyclic amines) is 2. The first-order chi connectivity index (χ1) is 10.2. The number of hydrogen-bond donors (Lipinski definition) is 1. The van der Waals surface area contributed by atoms with E-state index in [9.17, 15) is 4.79 Å². The summed E-state index contributed by atoms with van der Waals surface area (Å²) in [6.07, 6.45) is 3.17. The quantitative estimate of drug-likeness (QED) is 0.869. The third kappa shape index (κ3) is 5.13. The molecule has 1 unspecified atom stereocenters. The molecule has 2 rings (SSSR count). The molecule has 0 bridgehead atoms. The predicted octanol–water partition coefficient (Wildman–Crippen LogP) is 2.32. The van der Waals surface area contributed by atoms with Crippen molar-refractivity contribution in [2.45, 2.75) is 58.6 Å². The van der Waals surface area contributed by atoms with Crippen LogP contribution >= 0.6 is 0 Å². The zero-order valence-electron chi connectivity index (χ0n) is 14.9. The molecule has 22 heavy (non-hydrogen) atoms. The van der Waals surface area contributed by atoms with Crippen LogP contribution in [-0.2, 0) is 4.74 Å². The Bertz CT molecular complexity index is 384. The van der Waals surface area contributed by atoms with E-state index >= 15 is 0 Å². The maximum Gasteiger partial charge on any atom is 0.410 e. The Morgan fingerprint density at radius 1 is 1.27 bits per heavy atom. The Hall–Kier alpha value is -0.810.